The number of rotatable bonds is 4. The molecule has 1 atom stereocenters. The first-order valence-corrected chi connectivity index (χ1v) is 5.60. The molecule has 5 heteroatoms. The summed E-state index contributed by atoms with van der Waals surface area (Å²) < 4.78 is 0. The lowest BCUT2D eigenvalue weighted by Gasteiger charge is -2.22. The van der Waals surface area contributed by atoms with E-state index in [2.05, 4.69) is 22.2 Å². The molecule has 1 saturated carbocycles. The molecule has 0 aromatic heterocycles. The fraction of sp³-hybridized carbons (Fsp3) is 0.727. The van der Waals surface area contributed by atoms with Gasteiger partial charge in [-0.25, -0.2) is 4.99 Å². The van der Waals surface area contributed by atoms with Gasteiger partial charge in [-0.15, -0.1) is 24.0 Å². The molecule has 1 unspecified atom stereocenters. The molecule has 0 radical (unpaired) electrons. The van der Waals surface area contributed by atoms with Gasteiger partial charge in [-0.05, 0) is 17.9 Å². The number of aliphatic imine (C=N–C) groups is 1. The van der Waals surface area contributed by atoms with Gasteiger partial charge in [0.25, 0.3) is 0 Å². The summed E-state index contributed by atoms with van der Waals surface area (Å²) in [5, 5.41) is 15.6. The molecular weight excluding hydrogens is 317 g/mol. The number of guanidine groups is 1. The summed E-state index contributed by atoms with van der Waals surface area (Å²) in [5.41, 5.74) is 1.10. The second-order valence-electron chi connectivity index (χ2n) is 4.47. The van der Waals surface area contributed by atoms with Gasteiger partial charge >= 0.3 is 0 Å². The van der Waals surface area contributed by atoms with Gasteiger partial charge in [0.1, 0.15) is 0 Å². The van der Waals surface area contributed by atoms with Gasteiger partial charge in [0.15, 0.2) is 5.96 Å². The monoisotopic (exact) mass is 337 g/mol. The zero-order valence-electron chi connectivity index (χ0n) is 9.41. The van der Waals surface area contributed by atoms with Crippen molar-refractivity contribution >= 4 is 29.9 Å². The molecule has 1 heterocycles. The van der Waals surface area contributed by atoms with Crippen molar-refractivity contribution in [2.45, 2.75) is 25.3 Å². The molecule has 0 aromatic carbocycles. The number of hydrogen-bond donors (Lipinski definition) is 3. The van der Waals surface area contributed by atoms with Crippen LogP contribution in [0.15, 0.2) is 17.1 Å². The quantitative estimate of drug-likeness (QED) is 0.527. The maximum atomic E-state index is 9.22. The van der Waals surface area contributed by atoms with E-state index in [0.717, 1.165) is 30.4 Å². The van der Waals surface area contributed by atoms with Gasteiger partial charge in [0.05, 0.1) is 19.2 Å². The molecule has 0 spiro atoms. The third-order valence-corrected chi connectivity index (χ3v) is 2.84. The number of nitrogens with zero attached hydrogens (tertiary/aromatic N) is 1. The van der Waals surface area contributed by atoms with Crippen LogP contribution in [0.4, 0.5) is 0 Å². The van der Waals surface area contributed by atoms with Crippen LogP contribution in [-0.2, 0) is 0 Å². The Morgan fingerprint density at radius 2 is 2.31 bits per heavy atom. The minimum atomic E-state index is 0. The molecule has 2 aliphatic rings. The first-order chi connectivity index (χ1) is 7.28. The fourth-order valence-electron chi connectivity index (χ4n) is 1.74. The first kappa shape index (κ1) is 13.8. The zero-order chi connectivity index (χ0) is 10.7. The predicted octanol–water partition coefficient (Wildman–Crippen LogP) is 0.870. The molecule has 0 saturated heterocycles. The van der Waals surface area contributed by atoms with Crippen molar-refractivity contribution < 1.29 is 5.11 Å². The molecule has 1 aliphatic heterocycles. The fourth-order valence-corrected chi connectivity index (χ4v) is 1.74. The number of halogens is 1. The van der Waals surface area contributed by atoms with Gasteiger partial charge in [-0.1, -0.05) is 19.4 Å². The highest BCUT2D eigenvalue weighted by Crippen LogP contribution is 2.33. The van der Waals surface area contributed by atoms with Crippen LogP contribution in [-0.4, -0.2) is 36.8 Å². The van der Waals surface area contributed by atoms with E-state index in [1.54, 1.807) is 0 Å². The minimum Gasteiger partial charge on any atom is -0.394 e. The average Bonchev–Trinajstić information content (AvgIpc) is 3.04. The average molecular weight is 337 g/mol. The van der Waals surface area contributed by atoms with Crippen LogP contribution in [0, 0.1) is 5.92 Å². The van der Waals surface area contributed by atoms with Crippen LogP contribution in [0.3, 0.4) is 0 Å². The molecule has 0 bridgehead atoms. The normalized spacial score (nSPS) is 21.6. The molecular formula is C11H20IN3O. The number of nitrogens with one attached hydrogen (secondary N) is 2. The molecule has 2 rings (SSSR count). The van der Waals surface area contributed by atoms with E-state index in [0.29, 0.717) is 6.54 Å². The minimum absolute atomic E-state index is 0. The smallest absolute Gasteiger partial charge is 0.192 e. The maximum Gasteiger partial charge on any atom is 0.192 e. The van der Waals surface area contributed by atoms with Crippen molar-refractivity contribution in [3.63, 3.8) is 0 Å². The summed E-state index contributed by atoms with van der Waals surface area (Å²) in [5.74, 6) is 1.62. The summed E-state index contributed by atoms with van der Waals surface area (Å²) in [6.07, 6.45) is 3.68. The Balaban J connectivity index is 0.00000128. The van der Waals surface area contributed by atoms with Gasteiger partial charge in [-0.2, -0.15) is 0 Å². The van der Waals surface area contributed by atoms with Crippen LogP contribution in [0.25, 0.3) is 0 Å². The highest BCUT2D eigenvalue weighted by molar-refractivity contribution is 14.0. The lowest BCUT2D eigenvalue weighted by Crippen LogP contribution is -2.47. The molecule has 1 aliphatic carbocycles. The molecule has 3 N–H and O–H groups in total. The summed E-state index contributed by atoms with van der Waals surface area (Å²) in [6.45, 7) is 5.51. The summed E-state index contributed by atoms with van der Waals surface area (Å²) in [4.78, 5) is 4.31. The summed E-state index contributed by atoms with van der Waals surface area (Å²) in [6, 6.07) is 0.148. The SMILES string of the molecule is C=C1CN=C(NC(CO)CC2CC2)NC1.I. The van der Waals surface area contributed by atoms with Crippen molar-refractivity contribution in [2.24, 2.45) is 10.9 Å². The zero-order valence-corrected chi connectivity index (χ0v) is 11.7. The van der Waals surface area contributed by atoms with Crippen LogP contribution in [0.1, 0.15) is 19.3 Å². The number of hydrogen-bond acceptors (Lipinski definition) is 4. The molecule has 0 amide bonds. The Kier molecular flexibility index (Phi) is 5.54. The largest absolute Gasteiger partial charge is 0.394 e. The maximum absolute atomic E-state index is 9.22. The molecule has 1 fully saturated rings. The van der Waals surface area contributed by atoms with Crippen LogP contribution in [0.2, 0.25) is 0 Å². The van der Waals surface area contributed by atoms with E-state index in [4.69, 9.17) is 0 Å². The van der Waals surface area contributed by atoms with Crippen molar-refractivity contribution in [3.8, 4) is 0 Å². The van der Waals surface area contributed by atoms with Crippen LogP contribution in [0.5, 0.6) is 0 Å². The van der Waals surface area contributed by atoms with E-state index in [9.17, 15) is 5.11 Å². The molecule has 4 nitrogen and oxygen atoms in total. The topological polar surface area (TPSA) is 56.7 Å². The summed E-state index contributed by atoms with van der Waals surface area (Å²) >= 11 is 0. The van der Waals surface area contributed by atoms with Gasteiger partial charge in [0, 0.05) is 6.54 Å². The van der Waals surface area contributed by atoms with E-state index < -0.39 is 0 Å². The lowest BCUT2D eigenvalue weighted by molar-refractivity contribution is 0.244. The standard InChI is InChI=1S/C11H19N3O.HI/c1-8-5-12-11(13-6-8)14-10(7-15)4-9-2-3-9;/h9-10,15H,1-7H2,(H2,12,13,14);1H. The second kappa shape index (κ2) is 6.44. The number of aliphatic hydroxyl groups excluding tert-OH is 1. The van der Waals surface area contributed by atoms with Crippen LogP contribution < -0.4 is 10.6 Å². The lowest BCUT2D eigenvalue weighted by atomic mass is 10.1. The van der Waals surface area contributed by atoms with E-state index in [1.165, 1.54) is 12.8 Å². The molecule has 0 aromatic rings. The molecule has 92 valence electrons. The Morgan fingerprint density at radius 1 is 1.56 bits per heavy atom. The van der Waals surface area contributed by atoms with Crippen molar-refractivity contribution in [1.82, 2.24) is 10.6 Å². The predicted molar refractivity (Wildman–Crippen MR) is 76.2 cm³/mol. The first-order valence-electron chi connectivity index (χ1n) is 5.60. The Labute approximate surface area is 114 Å². The van der Waals surface area contributed by atoms with E-state index in [-0.39, 0.29) is 36.6 Å². The second-order valence-corrected chi connectivity index (χ2v) is 4.47. The highest BCUT2D eigenvalue weighted by Gasteiger charge is 2.25. The third kappa shape index (κ3) is 4.29. The number of aliphatic hydroxyl groups is 1. The van der Waals surface area contributed by atoms with Crippen molar-refractivity contribution in [3.05, 3.63) is 12.2 Å². The third-order valence-electron chi connectivity index (χ3n) is 2.84. The summed E-state index contributed by atoms with van der Waals surface area (Å²) in [7, 11) is 0. The van der Waals surface area contributed by atoms with Crippen molar-refractivity contribution in [2.75, 3.05) is 19.7 Å². The van der Waals surface area contributed by atoms with Gasteiger partial charge < -0.3 is 15.7 Å². The van der Waals surface area contributed by atoms with Gasteiger partial charge in [0.2, 0.25) is 0 Å². The van der Waals surface area contributed by atoms with Gasteiger partial charge in [-0.3, -0.25) is 0 Å². The van der Waals surface area contributed by atoms with E-state index in [1.807, 2.05) is 0 Å². The highest BCUT2D eigenvalue weighted by atomic mass is 127. The Morgan fingerprint density at radius 3 is 2.81 bits per heavy atom. The van der Waals surface area contributed by atoms with E-state index >= 15 is 0 Å². The van der Waals surface area contributed by atoms with Crippen LogP contribution >= 0.6 is 24.0 Å². The van der Waals surface area contributed by atoms with Crippen molar-refractivity contribution in [1.29, 1.82) is 0 Å². The Hall–Kier alpha value is -0.300. The Bertz CT molecular complexity index is 276. The molecule has 16 heavy (non-hydrogen) atoms.